The Bertz CT molecular complexity index is 554. The maximum Gasteiger partial charge on any atom is 0.477 e. The molecule has 0 aromatic heterocycles. The molecular formula is C19H38O3Si4. The lowest BCUT2D eigenvalue weighted by molar-refractivity contribution is 0.239. The van der Waals surface area contributed by atoms with Crippen LogP contribution in [0.1, 0.15) is 23.6 Å². The summed E-state index contributed by atoms with van der Waals surface area (Å²) in [4.78, 5) is 0. The van der Waals surface area contributed by atoms with Crippen molar-refractivity contribution in [1.29, 1.82) is 0 Å². The Morgan fingerprint density at radius 2 is 1.08 bits per heavy atom. The second kappa shape index (κ2) is 8.38. The van der Waals surface area contributed by atoms with Crippen LogP contribution in [0.15, 0.2) is 30.8 Å². The molecule has 0 radical (unpaired) electrons. The highest BCUT2D eigenvalue weighted by Crippen LogP contribution is 2.36. The fourth-order valence-corrected chi connectivity index (χ4v) is 17.3. The molecule has 148 valence electrons. The minimum atomic E-state index is -2.91. The first-order chi connectivity index (χ1) is 11.6. The molecule has 1 aromatic carbocycles. The van der Waals surface area contributed by atoms with Gasteiger partial charge in [0.25, 0.3) is 0 Å². The first-order valence-corrected chi connectivity index (χ1v) is 21.4. The molecule has 0 fully saturated rings. The van der Waals surface area contributed by atoms with Gasteiger partial charge in [-0.05, 0) is 70.1 Å². The molecule has 1 unspecified atom stereocenters. The summed E-state index contributed by atoms with van der Waals surface area (Å²) in [5, 5.41) is 0. The van der Waals surface area contributed by atoms with E-state index in [9.17, 15) is 0 Å². The molecule has 1 atom stereocenters. The van der Waals surface area contributed by atoms with E-state index in [0.29, 0.717) is 0 Å². The monoisotopic (exact) mass is 426 g/mol. The lowest BCUT2D eigenvalue weighted by atomic mass is 10.1. The molecule has 0 saturated carbocycles. The molecular weight excluding hydrogens is 389 g/mol. The normalized spacial score (nSPS) is 15.0. The van der Waals surface area contributed by atoms with Gasteiger partial charge in [0.2, 0.25) is 0 Å². The van der Waals surface area contributed by atoms with Gasteiger partial charge in [-0.1, -0.05) is 43.8 Å². The summed E-state index contributed by atoms with van der Waals surface area (Å²) in [6.07, 6.45) is 1.87. The minimum absolute atomic E-state index is 0.103. The van der Waals surface area contributed by atoms with Gasteiger partial charge in [0, 0.05) is 5.54 Å². The molecule has 3 nitrogen and oxygen atoms in total. The molecule has 0 aliphatic carbocycles. The second-order valence-electron chi connectivity index (χ2n) is 9.84. The van der Waals surface area contributed by atoms with Gasteiger partial charge in [0.05, 0.1) is 0 Å². The summed E-state index contributed by atoms with van der Waals surface area (Å²) in [7, 11) is -8.51. The molecule has 0 amide bonds. The molecule has 26 heavy (non-hydrogen) atoms. The van der Waals surface area contributed by atoms with Gasteiger partial charge < -0.3 is 12.3 Å². The lowest BCUT2D eigenvalue weighted by Gasteiger charge is -2.45. The van der Waals surface area contributed by atoms with Crippen molar-refractivity contribution < 1.29 is 12.3 Å². The number of rotatable bonds is 9. The highest BCUT2D eigenvalue weighted by atomic mass is 28.5. The Hall–Kier alpha value is -0.292. The van der Waals surface area contributed by atoms with E-state index in [4.69, 9.17) is 12.3 Å². The van der Waals surface area contributed by atoms with E-state index in [0.717, 1.165) is 5.56 Å². The van der Waals surface area contributed by atoms with Gasteiger partial charge in [-0.15, -0.1) is 0 Å². The summed E-state index contributed by atoms with van der Waals surface area (Å²) < 4.78 is 20.5. The van der Waals surface area contributed by atoms with Crippen molar-refractivity contribution in [3.05, 3.63) is 42.0 Å². The van der Waals surface area contributed by atoms with E-state index in [1.54, 1.807) is 0 Å². The van der Waals surface area contributed by atoms with E-state index in [1.165, 1.54) is 5.56 Å². The molecule has 0 aliphatic rings. The number of hydrogen-bond donors (Lipinski definition) is 0. The van der Waals surface area contributed by atoms with E-state index in [1.807, 2.05) is 6.08 Å². The Labute approximate surface area is 165 Å². The predicted molar refractivity (Wildman–Crippen MR) is 124 cm³/mol. The van der Waals surface area contributed by atoms with Gasteiger partial charge in [-0.3, -0.25) is 0 Å². The van der Waals surface area contributed by atoms with Crippen molar-refractivity contribution in [3.8, 4) is 0 Å². The number of hydrogen-bond acceptors (Lipinski definition) is 3. The molecule has 1 rings (SSSR count). The van der Waals surface area contributed by atoms with Gasteiger partial charge in [0.15, 0.2) is 25.0 Å². The zero-order valence-electron chi connectivity index (χ0n) is 18.4. The fourth-order valence-electron chi connectivity index (χ4n) is 2.73. The molecule has 0 heterocycles. The molecule has 0 saturated heterocycles. The third-order valence-corrected chi connectivity index (χ3v) is 15.7. The Kier molecular flexibility index (Phi) is 7.65. The quantitative estimate of drug-likeness (QED) is 0.424. The summed E-state index contributed by atoms with van der Waals surface area (Å²) in [5.41, 5.74) is 2.44. The van der Waals surface area contributed by atoms with Crippen molar-refractivity contribution in [1.82, 2.24) is 0 Å². The maximum absolute atomic E-state index is 6.83. The van der Waals surface area contributed by atoms with Crippen LogP contribution in [0.4, 0.5) is 0 Å². The summed E-state index contributed by atoms with van der Waals surface area (Å²) >= 11 is 0. The van der Waals surface area contributed by atoms with Crippen molar-refractivity contribution in [2.75, 3.05) is 0 Å². The lowest BCUT2D eigenvalue weighted by Crippen LogP contribution is -2.63. The second-order valence-corrected chi connectivity index (χ2v) is 27.0. The van der Waals surface area contributed by atoms with Crippen molar-refractivity contribution in [3.63, 3.8) is 0 Å². The van der Waals surface area contributed by atoms with Crippen LogP contribution in [0, 0.1) is 0 Å². The summed E-state index contributed by atoms with van der Waals surface area (Å²) in [6, 6.07) is 8.54. The van der Waals surface area contributed by atoms with Crippen LogP contribution < -0.4 is 0 Å². The topological polar surface area (TPSA) is 27.7 Å². The fraction of sp³-hybridized carbons (Fsp3) is 0.579. The van der Waals surface area contributed by atoms with E-state index < -0.39 is 33.8 Å². The van der Waals surface area contributed by atoms with Crippen LogP contribution >= 0.6 is 0 Å². The van der Waals surface area contributed by atoms with Gasteiger partial charge in [-0.2, -0.15) is 0 Å². The van der Waals surface area contributed by atoms with Crippen LogP contribution in [0.25, 0.3) is 6.08 Å². The third-order valence-electron chi connectivity index (χ3n) is 3.55. The van der Waals surface area contributed by atoms with E-state index >= 15 is 0 Å². The maximum atomic E-state index is 6.83. The molecule has 7 heteroatoms. The zero-order chi connectivity index (χ0) is 20.4. The van der Waals surface area contributed by atoms with Crippen LogP contribution in [0.3, 0.4) is 0 Å². The highest BCUT2D eigenvalue weighted by molar-refractivity contribution is 6.90. The molecule has 1 aromatic rings. The van der Waals surface area contributed by atoms with Crippen molar-refractivity contribution in [2.24, 2.45) is 0 Å². The number of benzene rings is 1. The molecule has 0 bridgehead atoms. The highest BCUT2D eigenvalue weighted by Gasteiger charge is 2.54. The van der Waals surface area contributed by atoms with Crippen molar-refractivity contribution in [2.45, 2.75) is 71.4 Å². The van der Waals surface area contributed by atoms with Crippen molar-refractivity contribution >= 4 is 39.8 Å². The largest absolute Gasteiger partial charge is 0.477 e. The third kappa shape index (κ3) is 7.75. The van der Waals surface area contributed by atoms with Gasteiger partial charge in [-0.25, -0.2) is 0 Å². The first-order valence-electron chi connectivity index (χ1n) is 9.40. The van der Waals surface area contributed by atoms with Gasteiger partial charge >= 0.3 is 8.80 Å². The molecule has 0 N–H and O–H groups in total. The molecule has 0 aliphatic heterocycles. The minimum Gasteiger partial charge on any atom is -0.417 e. The van der Waals surface area contributed by atoms with E-state index in [2.05, 4.69) is 96.7 Å². The summed E-state index contributed by atoms with van der Waals surface area (Å²) in [5.74, 6) is 0. The van der Waals surface area contributed by atoms with Crippen LogP contribution in [0.5, 0.6) is 0 Å². The average Bonchev–Trinajstić information content (AvgIpc) is 2.41. The smallest absolute Gasteiger partial charge is 0.417 e. The predicted octanol–water partition coefficient (Wildman–Crippen LogP) is 6.47. The van der Waals surface area contributed by atoms with E-state index in [-0.39, 0.29) is 5.54 Å². The summed E-state index contributed by atoms with van der Waals surface area (Å²) in [6.45, 7) is 26.1. The standard InChI is InChI=1S/C19H38O3Si4/c1-12-18-13-15-19(16-14-18)17(2)26(20-23(3,4)5,21-24(6,7)8)22-25(9,10)11/h12-17H,1H2,2-11H3. The Balaban J connectivity index is 3.47. The Morgan fingerprint density at radius 3 is 1.35 bits per heavy atom. The average molecular weight is 427 g/mol. The van der Waals surface area contributed by atoms with Gasteiger partial charge in [0.1, 0.15) is 0 Å². The Morgan fingerprint density at radius 1 is 0.731 bits per heavy atom. The zero-order valence-corrected chi connectivity index (χ0v) is 22.4. The van der Waals surface area contributed by atoms with Crippen LogP contribution in [-0.2, 0) is 12.3 Å². The molecule has 0 spiro atoms. The van der Waals surface area contributed by atoms with Crippen LogP contribution in [0.2, 0.25) is 58.9 Å². The van der Waals surface area contributed by atoms with Crippen LogP contribution in [-0.4, -0.2) is 33.8 Å². The first kappa shape index (κ1) is 23.7. The SMILES string of the molecule is C=Cc1ccc(C(C)[Si](O[Si](C)(C)C)(O[Si](C)(C)C)O[Si](C)(C)C)cc1.